The van der Waals surface area contributed by atoms with Gasteiger partial charge in [-0.05, 0) is 26.0 Å². The van der Waals surface area contributed by atoms with Crippen LogP contribution in [0.5, 0.6) is 5.88 Å². The molecule has 6 nitrogen and oxygen atoms in total. The van der Waals surface area contributed by atoms with Crippen LogP contribution in [-0.2, 0) is 0 Å². The summed E-state index contributed by atoms with van der Waals surface area (Å²) in [6.07, 6.45) is 0. The molecule has 4 rings (SSSR count). The quantitative estimate of drug-likeness (QED) is 0.764. The fourth-order valence-electron chi connectivity index (χ4n) is 3.64. The average molecular weight is 372 g/mol. The molecule has 0 amide bonds. The molecular formula is C19H25N5OS. The predicted molar refractivity (Wildman–Crippen MR) is 104 cm³/mol. The van der Waals surface area contributed by atoms with Gasteiger partial charge in [-0.15, -0.1) is 5.10 Å². The fourth-order valence-corrected chi connectivity index (χ4v) is 4.80. The van der Waals surface area contributed by atoms with Crippen LogP contribution in [0.25, 0.3) is 4.96 Å². The first kappa shape index (κ1) is 17.5. The Morgan fingerprint density at radius 1 is 1.12 bits per heavy atom. The van der Waals surface area contributed by atoms with Gasteiger partial charge in [0.2, 0.25) is 10.8 Å². The van der Waals surface area contributed by atoms with E-state index in [1.165, 1.54) is 22.5 Å². The Morgan fingerprint density at radius 3 is 2.42 bits per heavy atom. The van der Waals surface area contributed by atoms with Crippen molar-refractivity contribution in [2.45, 2.75) is 26.8 Å². The number of aromatic nitrogens is 3. The summed E-state index contributed by atoms with van der Waals surface area (Å²) >= 11 is 1.54. The minimum Gasteiger partial charge on any atom is -0.492 e. The second kappa shape index (κ2) is 6.98. The normalized spacial score (nSPS) is 17.8. The Bertz CT molecular complexity index is 893. The number of likely N-dealkylation sites (N-methyl/N-ethyl adjacent to an activating group) is 1. The van der Waals surface area contributed by atoms with E-state index < -0.39 is 0 Å². The van der Waals surface area contributed by atoms with Gasteiger partial charge < -0.3 is 10.0 Å². The molecule has 1 aromatic carbocycles. The lowest BCUT2D eigenvalue weighted by Crippen LogP contribution is -2.47. The maximum Gasteiger partial charge on any atom is 0.230 e. The summed E-state index contributed by atoms with van der Waals surface area (Å²) in [4.78, 5) is 11.0. The topological polar surface area (TPSA) is 56.9 Å². The highest BCUT2D eigenvalue weighted by Gasteiger charge is 2.31. The lowest BCUT2D eigenvalue weighted by molar-refractivity contribution is 0.113. The molecular weight excluding hydrogens is 346 g/mol. The van der Waals surface area contributed by atoms with Crippen molar-refractivity contribution in [1.82, 2.24) is 24.4 Å². The number of hydrogen-bond acceptors (Lipinski definition) is 6. The zero-order valence-corrected chi connectivity index (χ0v) is 16.3. The molecule has 1 atom stereocenters. The summed E-state index contributed by atoms with van der Waals surface area (Å²) in [5.74, 6) is 0.899. The Kier molecular flexibility index (Phi) is 4.69. The second-order valence-corrected chi connectivity index (χ2v) is 7.94. The standard InChI is InChI=1S/C19H25N5OS/c1-4-22-9-11-23(12-10-22)16(15-7-5-13(2)6-8-15)17-18(25)24-19(26-17)20-14(3)21-24/h5-8,16,25H,4,9-12H2,1-3H3/t16-/m1/s1. The third kappa shape index (κ3) is 3.11. The van der Waals surface area contributed by atoms with Crippen LogP contribution in [0.15, 0.2) is 24.3 Å². The maximum absolute atomic E-state index is 10.9. The van der Waals surface area contributed by atoms with Gasteiger partial charge in [0.05, 0.1) is 10.9 Å². The van der Waals surface area contributed by atoms with Crippen molar-refractivity contribution < 1.29 is 5.11 Å². The summed E-state index contributed by atoms with van der Waals surface area (Å²) in [7, 11) is 0. The SMILES string of the molecule is CCN1CCN([C@H](c2ccc(C)cc2)c2sc3nc(C)nn3c2O)CC1. The molecule has 1 fully saturated rings. The van der Waals surface area contributed by atoms with Crippen molar-refractivity contribution in [2.75, 3.05) is 32.7 Å². The van der Waals surface area contributed by atoms with Gasteiger partial charge in [-0.3, -0.25) is 4.90 Å². The minimum atomic E-state index is 0.0309. The lowest BCUT2D eigenvalue weighted by atomic mass is 10.0. The highest BCUT2D eigenvalue weighted by atomic mass is 32.1. The van der Waals surface area contributed by atoms with Crippen LogP contribution in [0, 0.1) is 13.8 Å². The first-order chi connectivity index (χ1) is 12.6. The Balaban J connectivity index is 1.75. The van der Waals surface area contributed by atoms with E-state index in [0.29, 0.717) is 5.82 Å². The molecule has 1 saturated heterocycles. The fraction of sp³-hybridized carbons (Fsp3) is 0.474. The molecule has 0 saturated carbocycles. The molecule has 1 N–H and O–H groups in total. The lowest BCUT2D eigenvalue weighted by Gasteiger charge is -2.38. The van der Waals surface area contributed by atoms with Gasteiger partial charge in [-0.2, -0.15) is 4.52 Å². The van der Waals surface area contributed by atoms with Crippen LogP contribution in [-0.4, -0.2) is 62.2 Å². The number of fused-ring (bicyclic) bond motifs is 1. The Hall–Kier alpha value is -1.96. The van der Waals surface area contributed by atoms with Crippen molar-refractivity contribution in [1.29, 1.82) is 0 Å². The summed E-state index contributed by atoms with van der Waals surface area (Å²) in [5.41, 5.74) is 2.45. The smallest absolute Gasteiger partial charge is 0.230 e. The number of nitrogens with zero attached hydrogens (tertiary/aromatic N) is 5. The molecule has 3 aromatic rings. The maximum atomic E-state index is 10.9. The highest BCUT2D eigenvalue weighted by Crippen LogP contribution is 2.40. The first-order valence-electron chi connectivity index (χ1n) is 9.15. The summed E-state index contributed by atoms with van der Waals surface area (Å²) in [6, 6.07) is 8.66. The van der Waals surface area contributed by atoms with E-state index in [4.69, 9.17) is 0 Å². The molecule has 0 aliphatic carbocycles. The number of rotatable bonds is 4. The molecule has 1 aliphatic rings. The van der Waals surface area contributed by atoms with Gasteiger partial charge in [0.1, 0.15) is 5.82 Å². The molecule has 0 bridgehead atoms. The molecule has 0 unspecified atom stereocenters. The van der Waals surface area contributed by atoms with E-state index in [1.807, 2.05) is 6.92 Å². The van der Waals surface area contributed by atoms with Crippen LogP contribution in [0.1, 0.15) is 34.8 Å². The van der Waals surface area contributed by atoms with E-state index in [-0.39, 0.29) is 11.9 Å². The van der Waals surface area contributed by atoms with Crippen LogP contribution >= 0.6 is 11.3 Å². The van der Waals surface area contributed by atoms with Crippen LogP contribution in [0.4, 0.5) is 0 Å². The largest absolute Gasteiger partial charge is 0.492 e. The molecule has 3 heterocycles. The molecule has 138 valence electrons. The van der Waals surface area contributed by atoms with E-state index in [2.05, 4.69) is 58.0 Å². The van der Waals surface area contributed by atoms with Gasteiger partial charge >= 0.3 is 0 Å². The number of thiazole rings is 1. The van der Waals surface area contributed by atoms with E-state index >= 15 is 0 Å². The number of benzene rings is 1. The van der Waals surface area contributed by atoms with Crippen molar-refractivity contribution in [3.8, 4) is 5.88 Å². The van der Waals surface area contributed by atoms with Gasteiger partial charge in [-0.25, -0.2) is 4.98 Å². The summed E-state index contributed by atoms with van der Waals surface area (Å²) < 4.78 is 1.57. The van der Waals surface area contributed by atoms with Gasteiger partial charge in [0, 0.05) is 26.2 Å². The summed E-state index contributed by atoms with van der Waals surface area (Å²) in [6.45, 7) is 11.3. The Labute approximate surface area is 157 Å². The third-order valence-electron chi connectivity index (χ3n) is 5.17. The van der Waals surface area contributed by atoms with Gasteiger partial charge in [0.25, 0.3) is 0 Å². The average Bonchev–Trinajstić information content (AvgIpc) is 3.15. The molecule has 26 heavy (non-hydrogen) atoms. The van der Waals surface area contributed by atoms with E-state index in [1.54, 1.807) is 4.52 Å². The van der Waals surface area contributed by atoms with Crippen molar-refractivity contribution in [3.63, 3.8) is 0 Å². The van der Waals surface area contributed by atoms with Crippen LogP contribution < -0.4 is 0 Å². The molecule has 0 spiro atoms. The number of aryl methyl sites for hydroxylation is 2. The zero-order chi connectivity index (χ0) is 18.3. The first-order valence-corrected chi connectivity index (χ1v) is 9.96. The van der Waals surface area contributed by atoms with E-state index in [0.717, 1.165) is 42.6 Å². The minimum absolute atomic E-state index is 0.0309. The van der Waals surface area contributed by atoms with Gasteiger partial charge in [-0.1, -0.05) is 48.1 Å². The molecule has 0 radical (unpaired) electrons. The van der Waals surface area contributed by atoms with Crippen molar-refractivity contribution >= 4 is 16.3 Å². The molecule has 2 aromatic heterocycles. The molecule has 1 aliphatic heterocycles. The number of piperazine rings is 1. The van der Waals surface area contributed by atoms with E-state index in [9.17, 15) is 5.11 Å². The second-order valence-electron chi connectivity index (χ2n) is 6.93. The van der Waals surface area contributed by atoms with Crippen LogP contribution in [0.2, 0.25) is 0 Å². The van der Waals surface area contributed by atoms with Gasteiger partial charge in [0.15, 0.2) is 0 Å². The number of hydrogen-bond donors (Lipinski definition) is 1. The predicted octanol–water partition coefficient (Wildman–Crippen LogP) is 2.84. The van der Waals surface area contributed by atoms with Crippen molar-refractivity contribution in [3.05, 3.63) is 46.1 Å². The van der Waals surface area contributed by atoms with Crippen molar-refractivity contribution in [2.24, 2.45) is 0 Å². The third-order valence-corrected chi connectivity index (χ3v) is 6.24. The highest BCUT2D eigenvalue weighted by molar-refractivity contribution is 7.17. The number of aromatic hydroxyl groups is 1. The molecule has 7 heteroatoms. The Morgan fingerprint density at radius 2 is 1.81 bits per heavy atom. The zero-order valence-electron chi connectivity index (χ0n) is 15.5. The van der Waals surface area contributed by atoms with Crippen LogP contribution in [0.3, 0.4) is 0 Å². The summed E-state index contributed by atoms with van der Waals surface area (Å²) in [5, 5.41) is 15.2. The monoisotopic (exact) mass is 371 g/mol.